The van der Waals surface area contributed by atoms with Gasteiger partial charge in [-0.1, -0.05) is 13.3 Å². The van der Waals surface area contributed by atoms with Crippen molar-refractivity contribution in [3.63, 3.8) is 0 Å². The van der Waals surface area contributed by atoms with Gasteiger partial charge in [0.25, 0.3) is 0 Å². The van der Waals surface area contributed by atoms with E-state index in [-0.39, 0.29) is 6.09 Å². The zero-order chi connectivity index (χ0) is 30.0. The van der Waals surface area contributed by atoms with Gasteiger partial charge in [-0.2, -0.15) is 5.10 Å². The van der Waals surface area contributed by atoms with Gasteiger partial charge in [-0.05, 0) is 85.7 Å². The van der Waals surface area contributed by atoms with Crippen molar-refractivity contribution < 1.29 is 9.53 Å². The van der Waals surface area contributed by atoms with E-state index < -0.39 is 0 Å². The van der Waals surface area contributed by atoms with Gasteiger partial charge >= 0.3 is 6.09 Å². The molecule has 1 saturated heterocycles. The predicted molar refractivity (Wildman–Crippen MR) is 170 cm³/mol. The van der Waals surface area contributed by atoms with E-state index in [4.69, 9.17) is 20.4 Å². The third-order valence-electron chi connectivity index (χ3n) is 8.70. The van der Waals surface area contributed by atoms with Crippen molar-refractivity contribution in [2.24, 2.45) is 5.92 Å². The van der Waals surface area contributed by atoms with Crippen LogP contribution >= 0.6 is 0 Å². The summed E-state index contributed by atoms with van der Waals surface area (Å²) < 4.78 is 9.25. The average molecular weight is 592 g/mol. The van der Waals surface area contributed by atoms with E-state index in [1.54, 1.807) is 17.1 Å². The number of hydrogen-bond acceptors (Lipinski definition) is 8. The normalized spacial score (nSPS) is 15.2. The number of pyridine rings is 2. The first-order chi connectivity index (χ1) is 21.6. The van der Waals surface area contributed by atoms with Gasteiger partial charge in [0, 0.05) is 56.1 Å². The number of aromatic nitrogens is 6. The number of unbranched alkanes of at least 4 members (excludes halogenated alkanes) is 1. The summed E-state index contributed by atoms with van der Waals surface area (Å²) in [5.41, 5.74) is 12.1. The van der Waals surface area contributed by atoms with Crippen molar-refractivity contribution in [1.82, 2.24) is 34.2 Å². The van der Waals surface area contributed by atoms with Crippen LogP contribution in [0.2, 0.25) is 0 Å². The second-order valence-corrected chi connectivity index (χ2v) is 11.6. The lowest BCUT2D eigenvalue weighted by atomic mass is 9.96. The average Bonchev–Trinajstić information content (AvgIpc) is 3.81. The molecule has 2 N–H and O–H groups in total. The van der Waals surface area contributed by atoms with Gasteiger partial charge in [-0.15, -0.1) is 0 Å². The topological polar surface area (TPSA) is 120 Å². The van der Waals surface area contributed by atoms with Crippen molar-refractivity contribution in [1.29, 1.82) is 0 Å². The Morgan fingerprint density at radius 1 is 1.05 bits per heavy atom. The Morgan fingerprint density at radius 3 is 2.73 bits per heavy atom. The molecule has 0 bridgehead atoms. The number of anilines is 2. The Hall–Kier alpha value is -4.93. The summed E-state index contributed by atoms with van der Waals surface area (Å²) in [6.45, 7) is 6.10. The van der Waals surface area contributed by atoms with Crippen LogP contribution in [-0.4, -0.2) is 73.1 Å². The van der Waals surface area contributed by atoms with E-state index in [9.17, 15) is 4.79 Å². The number of fused-ring (bicyclic) bond motifs is 2. The number of ether oxygens (including phenoxy) is 1. The Morgan fingerprint density at radius 2 is 1.93 bits per heavy atom. The van der Waals surface area contributed by atoms with Crippen molar-refractivity contribution in [2.45, 2.75) is 39.0 Å². The number of likely N-dealkylation sites (tertiary alicyclic amines) is 1. The molecule has 44 heavy (non-hydrogen) atoms. The van der Waals surface area contributed by atoms with E-state index >= 15 is 0 Å². The molecular weight excluding hydrogens is 554 g/mol. The van der Waals surface area contributed by atoms with Crippen LogP contribution in [0.3, 0.4) is 0 Å². The predicted octanol–water partition coefficient (Wildman–Crippen LogP) is 5.26. The fourth-order valence-corrected chi connectivity index (χ4v) is 6.30. The number of amides is 1. The molecule has 7 rings (SSSR count). The molecule has 1 amide bonds. The molecule has 2 aliphatic rings. The number of carbonyl (C=O) groups is 1. The minimum Gasteiger partial charge on any atom is -0.449 e. The summed E-state index contributed by atoms with van der Waals surface area (Å²) in [7, 11) is 0. The number of nitrogens with zero attached hydrogens (tertiary/aromatic N) is 8. The summed E-state index contributed by atoms with van der Waals surface area (Å²) in [4.78, 5) is 31.0. The molecule has 0 radical (unpaired) electrons. The standard InChI is InChI=1S/C33H37N9O2/c1-2-3-20-44-33(43)39-17-11-23(12-18-39)22-40-19-13-24-21-25(7-9-28(24)40)42-31(26-6-4-14-35-30(26)34)37-27-8-10-29(38-32(27)42)41-16-5-15-36-41/h4-10,14-16,21,23H,2-3,11-13,17-20,22H2,1H3,(H2,34,35). The van der Waals surface area contributed by atoms with Crippen LogP contribution in [0.25, 0.3) is 34.1 Å². The van der Waals surface area contributed by atoms with Gasteiger partial charge < -0.3 is 20.3 Å². The number of rotatable bonds is 8. The van der Waals surface area contributed by atoms with Crippen molar-refractivity contribution in [3.05, 3.63) is 72.7 Å². The molecule has 0 aliphatic carbocycles. The fourth-order valence-electron chi connectivity index (χ4n) is 6.30. The van der Waals surface area contributed by atoms with E-state index in [1.807, 2.05) is 41.4 Å². The number of imidazole rings is 1. The van der Waals surface area contributed by atoms with Crippen LogP contribution < -0.4 is 10.6 Å². The molecular formula is C33H37N9O2. The van der Waals surface area contributed by atoms with Crippen molar-refractivity contribution >= 4 is 28.8 Å². The molecule has 2 aliphatic heterocycles. The number of hydrogen-bond donors (Lipinski definition) is 1. The molecule has 0 unspecified atom stereocenters. The summed E-state index contributed by atoms with van der Waals surface area (Å²) in [5.74, 6) is 2.37. The van der Waals surface area contributed by atoms with E-state index in [0.717, 1.165) is 80.7 Å². The molecule has 0 spiro atoms. The van der Waals surface area contributed by atoms with Crippen molar-refractivity contribution in [2.75, 3.05) is 43.4 Å². The highest BCUT2D eigenvalue weighted by atomic mass is 16.6. The minimum atomic E-state index is -0.165. The first-order valence-electron chi connectivity index (χ1n) is 15.5. The lowest BCUT2D eigenvalue weighted by Gasteiger charge is -2.34. The van der Waals surface area contributed by atoms with E-state index in [1.165, 1.54) is 11.3 Å². The molecule has 1 fully saturated rings. The van der Waals surface area contributed by atoms with Gasteiger partial charge in [-0.3, -0.25) is 4.57 Å². The fraction of sp³-hybridized carbons (Fsp3) is 0.364. The molecule has 0 atom stereocenters. The summed E-state index contributed by atoms with van der Waals surface area (Å²) in [6, 6.07) is 16.2. The zero-order valence-electron chi connectivity index (χ0n) is 25.0. The first kappa shape index (κ1) is 27.9. The van der Waals surface area contributed by atoms with Gasteiger partial charge in [0.05, 0.1) is 12.2 Å². The maximum absolute atomic E-state index is 12.4. The van der Waals surface area contributed by atoms with Gasteiger partial charge in [0.1, 0.15) is 11.3 Å². The zero-order valence-corrected chi connectivity index (χ0v) is 25.0. The van der Waals surface area contributed by atoms with E-state index in [0.29, 0.717) is 30.0 Å². The Bertz CT molecular complexity index is 1770. The summed E-state index contributed by atoms with van der Waals surface area (Å²) in [6.07, 6.45) is 10.0. The molecule has 5 aromatic rings. The second-order valence-electron chi connectivity index (χ2n) is 11.6. The van der Waals surface area contributed by atoms with E-state index in [2.05, 4.69) is 44.7 Å². The maximum atomic E-state index is 12.4. The first-order valence-corrected chi connectivity index (χ1v) is 15.5. The monoisotopic (exact) mass is 591 g/mol. The molecule has 226 valence electrons. The smallest absolute Gasteiger partial charge is 0.409 e. The van der Waals surface area contributed by atoms with Crippen LogP contribution in [-0.2, 0) is 11.2 Å². The van der Waals surface area contributed by atoms with Crippen LogP contribution in [0, 0.1) is 5.92 Å². The molecule has 11 nitrogen and oxygen atoms in total. The Balaban J connectivity index is 1.15. The second kappa shape index (κ2) is 12.0. The molecule has 1 aromatic carbocycles. The third kappa shape index (κ3) is 5.34. The number of piperidine rings is 1. The number of nitrogens with two attached hydrogens (primary N) is 1. The summed E-state index contributed by atoms with van der Waals surface area (Å²) in [5, 5.41) is 4.37. The van der Waals surface area contributed by atoms with Gasteiger partial charge in [0.2, 0.25) is 0 Å². The highest BCUT2D eigenvalue weighted by Gasteiger charge is 2.28. The van der Waals surface area contributed by atoms with Crippen LogP contribution in [0.5, 0.6) is 0 Å². The number of nitrogen functional groups attached to an aromatic ring is 1. The molecule has 0 saturated carbocycles. The highest BCUT2D eigenvalue weighted by molar-refractivity contribution is 5.83. The Labute approximate surface area is 256 Å². The van der Waals surface area contributed by atoms with Gasteiger partial charge in [-0.25, -0.2) is 24.4 Å². The number of benzene rings is 1. The van der Waals surface area contributed by atoms with Gasteiger partial charge in [0.15, 0.2) is 17.3 Å². The minimum absolute atomic E-state index is 0.165. The molecule has 4 aromatic heterocycles. The van der Waals surface area contributed by atoms with Crippen molar-refractivity contribution in [3.8, 4) is 22.9 Å². The largest absolute Gasteiger partial charge is 0.449 e. The Kier molecular flexibility index (Phi) is 7.59. The third-order valence-corrected chi connectivity index (χ3v) is 8.70. The molecule has 6 heterocycles. The lowest BCUT2D eigenvalue weighted by molar-refractivity contribution is 0.0872. The maximum Gasteiger partial charge on any atom is 0.409 e. The number of carbonyl (C=O) groups excluding carboxylic acids is 1. The van der Waals surface area contributed by atoms with Crippen LogP contribution in [0.4, 0.5) is 16.3 Å². The summed E-state index contributed by atoms with van der Waals surface area (Å²) >= 11 is 0. The molecule has 11 heteroatoms. The lowest BCUT2D eigenvalue weighted by Crippen LogP contribution is -2.41. The highest BCUT2D eigenvalue weighted by Crippen LogP contribution is 2.35. The quantitative estimate of drug-likeness (QED) is 0.243. The van der Waals surface area contributed by atoms with Crippen LogP contribution in [0.15, 0.2) is 67.1 Å². The van der Waals surface area contributed by atoms with Crippen LogP contribution in [0.1, 0.15) is 38.2 Å². The SMILES string of the molecule is CCCCOC(=O)N1CCC(CN2CCc3cc(-n4c(-c5cccnc5N)nc5ccc(-n6cccn6)nc54)ccc32)CC1.